The van der Waals surface area contributed by atoms with Crippen LogP contribution < -0.4 is 0 Å². The number of hydrogen-bond acceptors (Lipinski definition) is 4. The van der Waals surface area contributed by atoms with Crippen LogP contribution >= 0.6 is 0 Å². The van der Waals surface area contributed by atoms with Crippen LogP contribution in [0.15, 0.2) is 152 Å². The number of esters is 2. The van der Waals surface area contributed by atoms with Gasteiger partial charge in [-0.15, -0.1) is 0 Å². The van der Waals surface area contributed by atoms with Gasteiger partial charge < -0.3 is 9.47 Å². The van der Waals surface area contributed by atoms with Crippen molar-refractivity contribution in [2.45, 2.75) is 19.1 Å². The lowest BCUT2D eigenvalue weighted by Gasteiger charge is -2.28. The smallest absolute Gasteiger partial charge is 0.338 e. The van der Waals surface area contributed by atoms with E-state index in [-0.39, 0.29) is 22.8 Å². The first-order chi connectivity index (χ1) is 22.9. The van der Waals surface area contributed by atoms with Crippen molar-refractivity contribution in [3.05, 3.63) is 191 Å². The highest BCUT2D eigenvalue weighted by Crippen LogP contribution is 2.37. The van der Waals surface area contributed by atoms with Crippen molar-refractivity contribution < 1.29 is 27.8 Å². The average Bonchev–Trinajstić information content (AvgIpc) is 3.11. The molecule has 0 aromatic heterocycles. The fourth-order valence-corrected chi connectivity index (χ4v) is 5.38. The second-order valence-electron chi connectivity index (χ2n) is 11.1. The van der Waals surface area contributed by atoms with Gasteiger partial charge in [0.15, 0.2) is 12.2 Å². The molecule has 2 atom stereocenters. The number of rotatable bonds is 9. The van der Waals surface area contributed by atoms with E-state index in [2.05, 4.69) is 0 Å². The van der Waals surface area contributed by atoms with E-state index in [1.54, 1.807) is 97.1 Å². The molecular formula is C41H30F2O4. The van der Waals surface area contributed by atoms with Crippen molar-refractivity contribution in [1.82, 2.24) is 0 Å². The van der Waals surface area contributed by atoms with E-state index in [9.17, 15) is 18.4 Å². The third-order valence-electron chi connectivity index (χ3n) is 7.86. The van der Waals surface area contributed by atoms with Crippen molar-refractivity contribution in [2.24, 2.45) is 0 Å². The molecule has 0 N–H and O–H groups in total. The lowest BCUT2D eigenvalue weighted by molar-refractivity contribution is -0.0388. The van der Waals surface area contributed by atoms with Gasteiger partial charge in [0.25, 0.3) is 0 Å². The van der Waals surface area contributed by atoms with E-state index < -0.39 is 24.1 Å². The molecule has 47 heavy (non-hydrogen) atoms. The van der Waals surface area contributed by atoms with Crippen LogP contribution in [-0.2, 0) is 9.47 Å². The maximum Gasteiger partial charge on any atom is 0.338 e. The Kier molecular flexibility index (Phi) is 9.30. The van der Waals surface area contributed by atoms with E-state index in [0.29, 0.717) is 33.4 Å². The maximum atomic E-state index is 14.6. The Labute approximate surface area is 271 Å². The maximum absolute atomic E-state index is 14.6. The van der Waals surface area contributed by atoms with Gasteiger partial charge in [-0.3, -0.25) is 0 Å². The highest BCUT2D eigenvalue weighted by Gasteiger charge is 2.33. The number of aryl methyl sites for hydroxylation is 1. The zero-order chi connectivity index (χ0) is 32.8. The second kappa shape index (κ2) is 14.0. The molecule has 0 heterocycles. The molecule has 6 aromatic rings. The Hall–Kier alpha value is -5.88. The molecule has 4 nitrogen and oxygen atoms in total. The van der Waals surface area contributed by atoms with Crippen LogP contribution in [0.1, 0.15) is 49.6 Å². The minimum Gasteiger partial charge on any atom is -0.450 e. The van der Waals surface area contributed by atoms with Gasteiger partial charge >= 0.3 is 11.9 Å². The van der Waals surface area contributed by atoms with Gasteiger partial charge in [0, 0.05) is 11.1 Å². The van der Waals surface area contributed by atoms with Crippen LogP contribution in [0, 0.1) is 18.6 Å². The van der Waals surface area contributed by atoms with E-state index in [1.807, 2.05) is 49.4 Å². The van der Waals surface area contributed by atoms with Gasteiger partial charge in [0.05, 0.1) is 11.1 Å². The van der Waals surface area contributed by atoms with E-state index in [1.165, 1.54) is 12.1 Å². The van der Waals surface area contributed by atoms with Gasteiger partial charge in [0.1, 0.15) is 11.6 Å². The summed E-state index contributed by atoms with van der Waals surface area (Å²) in [7, 11) is 0. The first kappa shape index (κ1) is 31.1. The molecule has 0 spiro atoms. The van der Waals surface area contributed by atoms with Gasteiger partial charge in [-0.1, -0.05) is 115 Å². The topological polar surface area (TPSA) is 52.6 Å². The molecular weight excluding hydrogens is 594 g/mol. The summed E-state index contributed by atoms with van der Waals surface area (Å²) in [5.41, 5.74) is 4.64. The first-order valence-corrected chi connectivity index (χ1v) is 15.1. The van der Waals surface area contributed by atoms with Gasteiger partial charge in [0.2, 0.25) is 0 Å². The summed E-state index contributed by atoms with van der Waals surface area (Å²) < 4.78 is 41.2. The Morgan fingerprint density at radius 3 is 1.36 bits per heavy atom. The summed E-state index contributed by atoms with van der Waals surface area (Å²) in [6.07, 6.45) is -2.02. The second-order valence-corrected chi connectivity index (χ2v) is 11.1. The van der Waals surface area contributed by atoms with Crippen LogP contribution in [0.4, 0.5) is 8.78 Å². The minimum atomic E-state index is -1.01. The van der Waals surface area contributed by atoms with Crippen LogP contribution in [0.5, 0.6) is 0 Å². The van der Waals surface area contributed by atoms with Crippen LogP contribution in [0.25, 0.3) is 22.3 Å². The predicted octanol–water partition coefficient (Wildman–Crippen LogP) is 10.1. The normalized spacial score (nSPS) is 12.1. The average molecular weight is 625 g/mol. The molecule has 0 saturated carbocycles. The largest absolute Gasteiger partial charge is 0.450 e. The highest BCUT2D eigenvalue weighted by molar-refractivity contribution is 5.91. The number of ether oxygens (including phenoxy) is 2. The van der Waals surface area contributed by atoms with Crippen molar-refractivity contribution in [3.63, 3.8) is 0 Å². The molecule has 0 aliphatic carbocycles. The summed E-state index contributed by atoms with van der Waals surface area (Å²) in [6.45, 7) is 1.82. The molecule has 6 heteroatoms. The summed E-state index contributed by atoms with van der Waals surface area (Å²) in [5.74, 6) is -1.99. The molecule has 232 valence electrons. The molecule has 0 radical (unpaired) electrons. The molecule has 0 fully saturated rings. The van der Waals surface area contributed by atoms with Crippen molar-refractivity contribution in [2.75, 3.05) is 0 Å². The fourth-order valence-electron chi connectivity index (χ4n) is 5.38. The zero-order valence-electron chi connectivity index (χ0n) is 25.5. The van der Waals surface area contributed by atoms with Gasteiger partial charge in [-0.2, -0.15) is 0 Å². The third-order valence-corrected chi connectivity index (χ3v) is 7.86. The number of hydrogen-bond donors (Lipinski definition) is 0. The molecule has 0 amide bonds. The van der Waals surface area contributed by atoms with Crippen LogP contribution in [0.2, 0.25) is 0 Å². The Morgan fingerprint density at radius 2 is 0.915 bits per heavy atom. The number of carbonyl (C=O) groups excluding carboxylic acids is 2. The van der Waals surface area contributed by atoms with Crippen molar-refractivity contribution in [3.8, 4) is 22.3 Å². The Morgan fingerprint density at radius 1 is 0.489 bits per heavy atom. The third kappa shape index (κ3) is 7.18. The molecule has 0 aliphatic heterocycles. The number of halogens is 2. The molecule has 6 aromatic carbocycles. The van der Waals surface area contributed by atoms with Crippen LogP contribution in [-0.4, -0.2) is 11.9 Å². The molecule has 0 bridgehead atoms. The van der Waals surface area contributed by atoms with Crippen LogP contribution in [0.3, 0.4) is 0 Å². The monoisotopic (exact) mass is 624 g/mol. The van der Waals surface area contributed by atoms with Gasteiger partial charge in [-0.05, 0) is 71.1 Å². The van der Waals surface area contributed by atoms with Gasteiger partial charge in [-0.25, -0.2) is 18.4 Å². The van der Waals surface area contributed by atoms with E-state index in [0.717, 1.165) is 5.56 Å². The SMILES string of the molecule is Cc1ccc(-c2ccc(C(=O)O[C@H](c3ccccc3)[C@H](OC(=O)c3ccc(-c4ccccc4F)cc3)c3ccccc3)cc2)c(F)c1. The number of carbonyl (C=O) groups is 2. The molecule has 0 unspecified atom stereocenters. The summed E-state index contributed by atoms with van der Waals surface area (Å²) >= 11 is 0. The zero-order valence-corrected chi connectivity index (χ0v) is 25.5. The summed E-state index contributed by atoms with van der Waals surface area (Å²) in [5, 5.41) is 0. The standard InChI is InChI=1S/C41H30F2O4/c1-27-16-25-35(37(43)26-27)29-19-23-33(24-20-29)41(45)47-39(31-12-6-3-7-13-31)38(30-10-4-2-5-11-30)46-40(44)32-21-17-28(18-22-32)34-14-8-9-15-36(34)42/h2-26,38-39H,1H3/t38-,39-/m1/s1. The minimum absolute atomic E-state index is 0.253. The summed E-state index contributed by atoms with van der Waals surface area (Å²) in [6, 6.07) is 42.5. The lowest BCUT2D eigenvalue weighted by atomic mass is 9.97. The van der Waals surface area contributed by atoms with E-state index >= 15 is 0 Å². The summed E-state index contributed by atoms with van der Waals surface area (Å²) in [4.78, 5) is 27.2. The molecule has 0 saturated heterocycles. The Balaban J connectivity index is 1.29. The quantitative estimate of drug-likeness (QED) is 0.150. The first-order valence-electron chi connectivity index (χ1n) is 15.1. The predicted molar refractivity (Wildman–Crippen MR) is 178 cm³/mol. The number of benzene rings is 6. The molecule has 0 aliphatic rings. The van der Waals surface area contributed by atoms with Crippen molar-refractivity contribution >= 4 is 11.9 Å². The Bertz CT molecular complexity index is 1990. The lowest BCUT2D eigenvalue weighted by Crippen LogP contribution is -2.23. The fraction of sp³-hybridized carbons (Fsp3) is 0.0732. The van der Waals surface area contributed by atoms with Crippen molar-refractivity contribution in [1.29, 1.82) is 0 Å². The molecule has 6 rings (SSSR count). The van der Waals surface area contributed by atoms with E-state index in [4.69, 9.17) is 9.47 Å². The highest BCUT2D eigenvalue weighted by atomic mass is 19.1.